The van der Waals surface area contributed by atoms with Gasteiger partial charge in [0.25, 0.3) is 5.91 Å². The average Bonchev–Trinajstić information content (AvgIpc) is 3.04. The minimum atomic E-state index is -4.76. The molecule has 0 aromatic heterocycles. The van der Waals surface area contributed by atoms with Gasteiger partial charge in [-0.1, -0.05) is 12.8 Å². The van der Waals surface area contributed by atoms with E-state index in [0.29, 0.717) is 12.8 Å². The van der Waals surface area contributed by atoms with E-state index in [2.05, 4.69) is 0 Å². The summed E-state index contributed by atoms with van der Waals surface area (Å²) in [5.74, 6) is -1.83. The fraction of sp³-hybridized carbons (Fsp3) is 0.318. The monoisotopic (exact) mass is 514 g/mol. The van der Waals surface area contributed by atoms with Gasteiger partial charge < -0.3 is 5.73 Å². The zero-order valence-electron chi connectivity index (χ0n) is 17.7. The molecule has 2 aliphatic rings. The van der Waals surface area contributed by atoms with Gasteiger partial charge in [0.05, 0.1) is 34.8 Å². The molecule has 0 unspecified atom stereocenters. The lowest BCUT2D eigenvalue weighted by Gasteiger charge is -2.32. The van der Waals surface area contributed by atoms with Gasteiger partial charge in [-0.2, -0.15) is 45.4 Å². The molecular formula is C22H22F4N4O2S2. The first-order valence-corrected chi connectivity index (χ1v) is 9.96. The van der Waals surface area contributed by atoms with Crippen LogP contribution in [0.25, 0.3) is 0 Å². The van der Waals surface area contributed by atoms with E-state index in [-0.39, 0.29) is 50.0 Å². The molecular weight excluding hydrogens is 492 g/mol. The molecule has 2 N–H and O–H groups in total. The van der Waals surface area contributed by atoms with E-state index in [1.54, 1.807) is 0 Å². The van der Waals surface area contributed by atoms with Crippen molar-refractivity contribution in [2.75, 3.05) is 9.80 Å². The van der Waals surface area contributed by atoms with E-state index in [1.807, 2.05) is 0 Å². The molecule has 1 saturated carbocycles. The van der Waals surface area contributed by atoms with Crippen molar-refractivity contribution in [2.24, 2.45) is 5.73 Å². The summed E-state index contributed by atoms with van der Waals surface area (Å²) in [4.78, 5) is 27.4. The highest BCUT2D eigenvalue weighted by atomic mass is 32.1. The molecule has 1 heterocycles. The summed E-state index contributed by atoms with van der Waals surface area (Å²) in [5, 5.41) is 9.05. The second kappa shape index (κ2) is 10.1. The van der Waals surface area contributed by atoms with Gasteiger partial charge in [-0.15, -0.1) is 0 Å². The molecule has 1 saturated heterocycles. The molecule has 6 nitrogen and oxygen atoms in total. The molecule has 2 aromatic rings. The number of carbonyl (C=O) groups excluding carboxylic acids is 2. The summed E-state index contributed by atoms with van der Waals surface area (Å²) in [6, 6.07) is 6.94. The molecule has 1 aliphatic carbocycles. The zero-order valence-corrected chi connectivity index (χ0v) is 19.7. The zero-order chi connectivity index (χ0) is 23.2. The van der Waals surface area contributed by atoms with Crippen molar-refractivity contribution in [3.05, 3.63) is 58.9 Å². The van der Waals surface area contributed by atoms with Gasteiger partial charge >= 0.3 is 12.2 Å². The van der Waals surface area contributed by atoms with Crippen LogP contribution >= 0.6 is 27.0 Å². The Bertz CT molecular complexity index is 1150. The van der Waals surface area contributed by atoms with Crippen LogP contribution in [0.5, 0.6) is 0 Å². The van der Waals surface area contributed by atoms with E-state index < -0.39 is 41.1 Å². The van der Waals surface area contributed by atoms with Crippen molar-refractivity contribution >= 4 is 50.3 Å². The van der Waals surface area contributed by atoms with Gasteiger partial charge in [-0.05, 0) is 49.2 Å². The Labute approximate surface area is 207 Å². The number of benzene rings is 2. The Morgan fingerprint density at radius 1 is 1.00 bits per heavy atom. The number of hydrogen-bond donors (Lipinski definition) is 1. The van der Waals surface area contributed by atoms with Gasteiger partial charge in [-0.3, -0.25) is 14.6 Å². The lowest BCUT2D eigenvalue weighted by molar-refractivity contribution is -0.137. The molecule has 182 valence electrons. The van der Waals surface area contributed by atoms with Crippen LogP contribution in [-0.4, -0.2) is 24.0 Å². The van der Waals surface area contributed by atoms with Crippen LogP contribution in [0.3, 0.4) is 0 Å². The number of anilines is 2. The third-order valence-electron chi connectivity index (χ3n) is 5.97. The first-order chi connectivity index (χ1) is 15.1. The number of halogens is 4. The molecule has 3 amide bonds. The van der Waals surface area contributed by atoms with Crippen LogP contribution in [0, 0.1) is 17.1 Å². The largest absolute Gasteiger partial charge is 0.417 e. The molecule has 1 aliphatic heterocycles. The number of nitrogens with two attached hydrogens (primary N) is 1. The van der Waals surface area contributed by atoms with Crippen molar-refractivity contribution in [1.82, 2.24) is 0 Å². The fourth-order valence-electron chi connectivity index (χ4n) is 4.57. The number of alkyl halides is 3. The van der Waals surface area contributed by atoms with Gasteiger partial charge in [0.1, 0.15) is 5.82 Å². The number of nitrogens with zero attached hydrogens (tertiary/aromatic N) is 3. The van der Waals surface area contributed by atoms with Crippen LogP contribution in [0.15, 0.2) is 36.4 Å². The Kier molecular flexibility index (Phi) is 8.16. The van der Waals surface area contributed by atoms with E-state index in [0.717, 1.165) is 31.0 Å². The Balaban J connectivity index is 0.00000204. The molecule has 34 heavy (non-hydrogen) atoms. The number of rotatable bonds is 3. The van der Waals surface area contributed by atoms with Crippen molar-refractivity contribution in [1.29, 1.82) is 5.26 Å². The van der Waals surface area contributed by atoms with Crippen LogP contribution in [0.2, 0.25) is 0 Å². The number of urea groups is 1. The maximum absolute atomic E-state index is 14.4. The van der Waals surface area contributed by atoms with Crippen molar-refractivity contribution in [2.45, 2.75) is 43.9 Å². The molecule has 0 bridgehead atoms. The second-order valence-corrected chi connectivity index (χ2v) is 7.81. The molecule has 2 atom stereocenters. The number of carbonyl (C=O) groups is 2. The number of fused-ring (bicyclic) bond motifs is 1. The summed E-state index contributed by atoms with van der Waals surface area (Å²) >= 11 is 0. The summed E-state index contributed by atoms with van der Waals surface area (Å²) < 4.78 is 54.8. The number of primary amides is 1. The summed E-state index contributed by atoms with van der Waals surface area (Å²) in [5.41, 5.74) is 3.39. The van der Waals surface area contributed by atoms with Crippen LogP contribution in [0.1, 0.15) is 47.2 Å². The number of hydrogen-bond acceptors (Lipinski definition) is 3. The Hall–Kier alpha value is -2.91. The summed E-state index contributed by atoms with van der Waals surface area (Å²) in [7, 11) is 0. The maximum atomic E-state index is 14.4. The first kappa shape index (κ1) is 27.3. The molecule has 0 spiro atoms. The van der Waals surface area contributed by atoms with E-state index in [4.69, 9.17) is 11.0 Å². The molecule has 0 radical (unpaired) electrons. The van der Waals surface area contributed by atoms with Crippen molar-refractivity contribution < 1.29 is 27.2 Å². The van der Waals surface area contributed by atoms with E-state index >= 15 is 0 Å². The highest BCUT2D eigenvalue weighted by molar-refractivity contribution is 7.59. The van der Waals surface area contributed by atoms with E-state index in [9.17, 15) is 27.2 Å². The lowest BCUT2D eigenvalue weighted by atomic mass is 9.89. The minimum absolute atomic E-state index is 0. The summed E-state index contributed by atoms with van der Waals surface area (Å²) in [6.07, 6.45) is -2.01. The SMILES string of the molecule is N#Cc1ccc(N2C(=O)N(c3ccc(C(N)=O)c(F)c3)[C@H]3CCCC[C@@H]32)cc1C(F)(F)F.S.S. The highest BCUT2D eigenvalue weighted by Gasteiger charge is 2.48. The predicted octanol–water partition coefficient (Wildman–Crippen LogP) is 4.80. The molecule has 2 fully saturated rings. The molecule has 4 rings (SSSR count). The van der Waals surface area contributed by atoms with Gasteiger partial charge in [0.2, 0.25) is 0 Å². The van der Waals surface area contributed by atoms with Crippen LogP contribution < -0.4 is 15.5 Å². The summed E-state index contributed by atoms with van der Waals surface area (Å²) in [6.45, 7) is 0. The van der Waals surface area contributed by atoms with Crippen LogP contribution in [0.4, 0.5) is 33.7 Å². The van der Waals surface area contributed by atoms with Gasteiger partial charge in [0.15, 0.2) is 0 Å². The average molecular weight is 515 g/mol. The quantitative estimate of drug-likeness (QED) is 0.597. The standard InChI is InChI=1S/C22H18F4N4O2.2H2S/c23-17-10-14(7-8-15(17)20(28)31)30-19-4-2-1-3-18(19)29(21(30)32)13-6-5-12(11-27)16(9-13)22(24,25)26;;/h5-10,18-19H,1-4H2,(H2,28,31);2*1H2/t18-,19-;;/m0../s1. The Morgan fingerprint density at radius 3 is 2.00 bits per heavy atom. The minimum Gasteiger partial charge on any atom is -0.366 e. The lowest BCUT2D eigenvalue weighted by Crippen LogP contribution is -2.40. The smallest absolute Gasteiger partial charge is 0.366 e. The number of amides is 3. The van der Waals surface area contributed by atoms with E-state index in [1.165, 1.54) is 34.1 Å². The van der Waals surface area contributed by atoms with Crippen molar-refractivity contribution in [3.63, 3.8) is 0 Å². The highest BCUT2D eigenvalue weighted by Crippen LogP contribution is 2.42. The third kappa shape index (κ3) is 4.67. The fourth-order valence-corrected chi connectivity index (χ4v) is 4.57. The van der Waals surface area contributed by atoms with Gasteiger partial charge in [0, 0.05) is 11.4 Å². The Morgan fingerprint density at radius 2 is 1.53 bits per heavy atom. The number of nitriles is 1. The van der Waals surface area contributed by atoms with Gasteiger partial charge in [-0.25, -0.2) is 9.18 Å². The van der Waals surface area contributed by atoms with Crippen molar-refractivity contribution in [3.8, 4) is 6.07 Å². The maximum Gasteiger partial charge on any atom is 0.417 e. The topological polar surface area (TPSA) is 90.4 Å². The second-order valence-electron chi connectivity index (χ2n) is 7.81. The normalized spacial score (nSPS) is 19.6. The predicted molar refractivity (Wildman–Crippen MR) is 128 cm³/mol. The molecule has 12 heteroatoms. The first-order valence-electron chi connectivity index (χ1n) is 9.96. The van der Waals surface area contributed by atoms with Crippen LogP contribution in [-0.2, 0) is 6.18 Å². The molecule has 2 aromatic carbocycles. The third-order valence-corrected chi connectivity index (χ3v) is 5.97.